The van der Waals surface area contributed by atoms with Gasteiger partial charge in [-0.25, -0.2) is 0 Å². The van der Waals surface area contributed by atoms with Crippen molar-refractivity contribution in [1.82, 2.24) is 15.5 Å². The van der Waals surface area contributed by atoms with E-state index in [4.69, 9.17) is 0 Å². The van der Waals surface area contributed by atoms with E-state index < -0.39 is 0 Å². The molecule has 0 aliphatic heterocycles. The third-order valence-electron chi connectivity index (χ3n) is 2.43. The molecule has 0 unspecified atom stereocenters. The molecule has 5 heteroatoms. The lowest BCUT2D eigenvalue weighted by Gasteiger charge is -2.16. The van der Waals surface area contributed by atoms with Gasteiger partial charge < -0.3 is 10.2 Å². The second kappa shape index (κ2) is 5.75. The van der Waals surface area contributed by atoms with Gasteiger partial charge >= 0.3 is 0 Å². The van der Waals surface area contributed by atoms with Crippen LogP contribution in [0.4, 0.5) is 5.82 Å². The number of rotatable bonds is 5. The van der Waals surface area contributed by atoms with Gasteiger partial charge in [0.1, 0.15) is 0 Å². The van der Waals surface area contributed by atoms with Gasteiger partial charge in [-0.05, 0) is 30.6 Å². The Labute approximate surface area is 105 Å². The average molecular weight is 248 g/mol. The first kappa shape index (κ1) is 12.0. The van der Waals surface area contributed by atoms with Gasteiger partial charge in [0.15, 0.2) is 5.82 Å². The molecule has 2 aromatic rings. The van der Waals surface area contributed by atoms with E-state index in [2.05, 4.69) is 37.9 Å². The van der Waals surface area contributed by atoms with Crippen molar-refractivity contribution in [2.45, 2.75) is 13.1 Å². The predicted octanol–water partition coefficient (Wildman–Crippen LogP) is 1.89. The van der Waals surface area contributed by atoms with Crippen LogP contribution in [0.2, 0.25) is 0 Å². The van der Waals surface area contributed by atoms with Crippen molar-refractivity contribution in [3.8, 4) is 0 Å². The van der Waals surface area contributed by atoms with E-state index >= 15 is 0 Å². The fourth-order valence-corrected chi connectivity index (χ4v) is 2.31. The maximum atomic E-state index is 4.22. The minimum Gasteiger partial charge on any atom is -0.353 e. The summed E-state index contributed by atoms with van der Waals surface area (Å²) in [5.41, 5.74) is 0.959. The van der Waals surface area contributed by atoms with Crippen LogP contribution in [0, 0.1) is 0 Å². The fraction of sp³-hybridized carbons (Fsp3) is 0.333. The van der Waals surface area contributed by atoms with Gasteiger partial charge in [0.05, 0.1) is 12.2 Å². The summed E-state index contributed by atoms with van der Waals surface area (Å²) >= 11 is 1.76. The predicted molar refractivity (Wildman–Crippen MR) is 71.2 cm³/mol. The monoisotopic (exact) mass is 248 g/mol. The second-order valence-corrected chi connectivity index (χ2v) is 4.88. The molecule has 2 rings (SSSR count). The van der Waals surface area contributed by atoms with Crippen LogP contribution in [0.1, 0.15) is 10.6 Å². The van der Waals surface area contributed by atoms with Gasteiger partial charge in [-0.15, -0.1) is 16.4 Å². The summed E-state index contributed by atoms with van der Waals surface area (Å²) in [6.07, 6.45) is 0. The molecule has 1 N–H and O–H groups in total. The van der Waals surface area contributed by atoms with Crippen molar-refractivity contribution in [2.75, 3.05) is 19.0 Å². The fourth-order valence-electron chi connectivity index (χ4n) is 1.55. The van der Waals surface area contributed by atoms with E-state index in [1.807, 2.05) is 26.2 Å². The number of nitrogens with zero attached hydrogens (tertiary/aromatic N) is 3. The standard InChI is InChI=1S/C12H16N4S/c1-13-8-10-5-6-12(15-14-10)16(2)9-11-4-3-7-17-11/h3-7,13H,8-9H2,1-2H3. The SMILES string of the molecule is CNCc1ccc(N(C)Cc2cccs2)nn1. The number of thiophene rings is 1. The Kier molecular flexibility index (Phi) is 4.06. The van der Waals surface area contributed by atoms with Crippen LogP contribution < -0.4 is 10.2 Å². The number of hydrogen-bond donors (Lipinski definition) is 1. The molecular weight excluding hydrogens is 232 g/mol. The van der Waals surface area contributed by atoms with Gasteiger partial charge in [0, 0.05) is 18.5 Å². The maximum absolute atomic E-state index is 4.22. The number of anilines is 1. The largest absolute Gasteiger partial charge is 0.353 e. The summed E-state index contributed by atoms with van der Waals surface area (Å²) in [6.45, 7) is 1.62. The highest BCUT2D eigenvalue weighted by Crippen LogP contribution is 2.15. The van der Waals surface area contributed by atoms with Gasteiger partial charge in [-0.3, -0.25) is 0 Å². The first-order chi connectivity index (χ1) is 8.29. The molecule has 2 heterocycles. The van der Waals surface area contributed by atoms with E-state index in [0.717, 1.165) is 24.6 Å². The van der Waals surface area contributed by atoms with Crippen molar-refractivity contribution < 1.29 is 0 Å². The Morgan fingerprint density at radius 2 is 2.18 bits per heavy atom. The number of aromatic nitrogens is 2. The summed E-state index contributed by atoms with van der Waals surface area (Å²) < 4.78 is 0. The molecule has 0 saturated carbocycles. The topological polar surface area (TPSA) is 41.0 Å². The van der Waals surface area contributed by atoms with Crippen LogP contribution in [0.15, 0.2) is 29.6 Å². The molecule has 0 aromatic carbocycles. The van der Waals surface area contributed by atoms with Crippen LogP contribution in [0.3, 0.4) is 0 Å². The van der Waals surface area contributed by atoms with Crippen LogP contribution in [0.25, 0.3) is 0 Å². The zero-order chi connectivity index (χ0) is 12.1. The van der Waals surface area contributed by atoms with Gasteiger partial charge in [-0.1, -0.05) is 6.07 Å². The van der Waals surface area contributed by atoms with E-state index in [9.17, 15) is 0 Å². The van der Waals surface area contributed by atoms with Crippen LogP contribution in [-0.2, 0) is 13.1 Å². The summed E-state index contributed by atoms with van der Waals surface area (Å²) in [7, 11) is 3.93. The Morgan fingerprint density at radius 1 is 1.29 bits per heavy atom. The minimum atomic E-state index is 0.752. The molecule has 0 saturated heterocycles. The lowest BCUT2D eigenvalue weighted by molar-refractivity contribution is 0.760. The quantitative estimate of drug-likeness (QED) is 0.877. The van der Waals surface area contributed by atoms with Gasteiger partial charge in [0.2, 0.25) is 0 Å². The van der Waals surface area contributed by atoms with E-state index in [1.165, 1.54) is 4.88 Å². The molecule has 17 heavy (non-hydrogen) atoms. The molecule has 0 amide bonds. The van der Waals surface area contributed by atoms with Crippen molar-refractivity contribution in [1.29, 1.82) is 0 Å². The molecule has 0 fully saturated rings. The van der Waals surface area contributed by atoms with Gasteiger partial charge in [0.25, 0.3) is 0 Å². The minimum absolute atomic E-state index is 0.752. The molecule has 0 aliphatic rings. The third-order valence-corrected chi connectivity index (χ3v) is 3.29. The highest BCUT2D eigenvalue weighted by Gasteiger charge is 2.05. The molecule has 0 radical (unpaired) electrons. The van der Waals surface area contributed by atoms with Crippen LogP contribution in [-0.4, -0.2) is 24.3 Å². The smallest absolute Gasteiger partial charge is 0.151 e. The maximum Gasteiger partial charge on any atom is 0.151 e. The van der Waals surface area contributed by atoms with Crippen molar-refractivity contribution in [3.05, 3.63) is 40.2 Å². The molecular formula is C12H16N4S. The van der Waals surface area contributed by atoms with E-state index in [0.29, 0.717) is 0 Å². The summed E-state index contributed by atoms with van der Waals surface area (Å²) in [6, 6.07) is 8.20. The highest BCUT2D eigenvalue weighted by molar-refractivity contribution is 7.09. The molecule has 4 nitrogen and oxygen atoms in total. The Hall–Kier alpha value is -1.46. The Bertz CT molecular complexity index is 438. The lowest BCUT2D eigenvalue weighted by Crippen LogP contribution is -2.18. The zero-order valence-electron chi connectivity index (χ0n) is 10.1. The summed E-state index contributed by atoms with van der Waals surface area (Å²) in [4.78, 5) is 3.43. The first-order valence-electron chi connectivity index (χ1n) is 5.50. The molecule has 0 bridgehead atoms. The van der Waals surface area contributed by atoms with Crippen molar-refractivity contribution >= 4 is 17.2 Å². The third kappa shape index (κ3) is 3.25. The summed E-state index contributed by atoms with van der Waals surface area (Å²) in [5, 5.41) is 13.5. The zero-order valence-corrected chi connectivity index (χ0v) is 10.9. The average Bonchev–Trinajstić information content (AvgIpc) is 2.83. The van der Waals surface area contributed by atoms with Crippen molar-refractivity contribution in [3.63, 3.8) is 0 Å². The molecule has 2 aromatic heterocycles. The Morgan fingerprint density at radius 3 is 2.76 bits per heavy atom. The molecule has 0 atom stereocenters. The highest BCUT2D eigenvalue weighted by atomic mass is 32.1. The number of hydrogen-bond acceptors (Lipinski definition) is 5. The molecule has 90 valence electrons. The van der Waals surface area contributed by atoms with E-state index in [1.54, 1.807) is 11.3 Å². The summed E-state index contributed by atoms with van der Waals surface area (Å²) in [5.74, 6) is 0.901. The molecule has 0 spiro atoms. The Balaban J connectivity index is 2.01. The molecule has 0 aliphatic carbocycles. The first-order valence-corrected chi connectivity index (χ1v) is 6.38. The second-order valence-electron chi connectivity index (χ2n) is 3.85. The van der Waals surface area contributed by atoms with Gasteiger partial charge in [-0.2, -0.15) is 5.10 Å². The van der Waals surface area contributed by atoms with Crippen LogP contribution >= 0.6 is 11.3 Å². The lowest BCUT2D eigenvalue weighted by atomic mass is 10.3. The van der Waals surface area contributed by atoms with Crippen molar-refractivity contribution in [2.24, 2.45) is 0 Å². The number of nitrogens with one attached hydrogen (secondary N) is 1. The normalized spacial score (nSPS) is 10.5. The van der Waals surface area contributed by atoms with E-state index in [-0.39, 0.29) is 0 Å². The van der Waals surface area contributed by atoms with Crippen LogP contribution in [0.5, 0.6) is 0 Å².